The van der Waals surface area contributed by atoms with Gasteiger partial charge in [0.15, 0.2) is 11.5 Å². The molecular weight excluding hydrogens is 411 g/mol. The Hall–Kier alpha value is -3.42. The summed E-state index contributed by atoms with van der Waals surface area (Å²) in [4.78, 5) is 12.9. The molecule has 5 nitrogen and oxygen atoms in total. The second kappa shape index (κ2) is 9.16. The summed E-state index contributed by atoms with van der Waals surface area (Å²) < 4.78 is 54.6. The van der Waals surface area contributed by atoms with E-state index in [1.54, 1.807) is 18.2 Å². The first-order valence-corrected chi connectivity index (χ1v) is 9.55. The van der Waals surface area contributed by atoms with Crippen LogP contribution in [-0.4, -0.2) is 20.1 Å². The molecule has 0 saturated carbocycles. The molecule has 8 heteroatoms. The van der Waals surface area contributed by atoms with Gasteiger partial charge in [0, 0.05) is 17.7 Å². The highest BCUT2D eigenvalue weighted by Gasteiger charge is 2.30. The van der Waals surface area contributed by atoms with E-state index in [-0.39, 0.29) is 18.2 Å². The average molecular weight is 433 g/mol. The smallest absolute Gasteiger partial charge is 0.416 e. The fourth-order valence-electron chi connectivity index (χ4n) is 3.19. The Morgan fingerprint density at radius 1 is 1.03 bits per heavy atom. The first kappa shape index (κ1) is 22.3. The van der Waals surface area contributed by atoms with Crippen LogP contribution in [0.25, 0.3) is 11.3 Å². The number of hydrogen-bond acceptors (Lipinski definition) is 4. The Morgan fingerprint density at radius 3 is 2.29 bits per heavy atom. The number of hydrogen-bond donors (Lipinski definition) is 1. The van der Waals surface area contributed by atoms with Crippen LogP contribution in [0.5, 0.6) is 11.5 Å². The van der Waals surface area contributed by atoms with Crippen LogP contribution in [0.4, 0.5) is 13.2 Å². The van der Waals surface area contributed by atoms with Crippen molar-refractivity contribution in [1.29, 1.82) is 0 Å². The maximum Gasteiger partial charge on any atom is 0.416 e. The van der Waals surface area contributed by atoms with Gasteiger partial charge >= 0.3 is 6.18 Å². The molecule has 0 atom stereocenters. The molecule has 31 heavy (non-hydrogen) atoms. The van der Waals surface area contributed by atoms with E-state index in [1.807, 2.05) is 6.92 Å². The number of carbonyl (C=O) groups excluding carboxylic acids is 1. The zero-order valence-corrected chi connectivity index (χ0v) is 17.3. The van der Waals surface area contributed by atoms with Gasteiger partial charge in [0.25, 0.3) is 5.91 Å². The lowest BCUT2D eigenvalue weighted by molar-refractivity contribution is -0.137. The van der Waals surface area contributed by atoms with Gasteiger partial charge in [-0.15, -0.1) is 0 Å². The predicted molar refractivity (Wildman–Crippen MR) is 109 cm³/mol. The van der Waals surface area contributed by atoms with Crippen LogP contribution in [0, 0.1) is 0 Å². The van der Waals surface area contributed by atoms with Crippen LogP contribution in [-0.2, 0) is 19.1 Å². The van der Waals surface area contributed by atoms with Gasteiger partial charge in [-0.1, -0.05) is 25.1 Å². The number of methoxy groups -OCH3 is 2. The number of alkyl halides is 3. The number of aryl methyl sites for hydroxylation is 1. The molecule has 1 aromatic heterocycles. The minimum atomic E-state index is -4.43. The largest absolute Gasteiger partial charge is 0.493 e. The SMILES string of the molecule is CCc1coc(-c2ccc(C(F)(F)F)cc2)c1C(=O)NCc1ccc(OC)c(OC)c1. The first-order chi connectivity index (χ1) is 14.8. The lowest BCUT2D eigenvalue weighted by Crippen LogP contribution is -2.24. The summed E-state index contributed by atoms with van der Waals surface area (Å²) in [5.74, 6) is 0.966. The van der Waals surface area contributed by atoms with E-state index in [0.717, 1.165) is 17.7 Å². The Morgan fingerprint density at radius 2 is 1.71 bits per heavy atom. The third kappa shape index (κ3) is 4.84. The van der Waals surface area contributed by atoms with Gasteiger partial charge in [-0.2, -0.15) is 13.2 Å². The molecule has 1 N–H and O–H groups in total. The quantitative estimate of drug-likeness (QED) is 0.536. The summed E-state index contributed by atoms with van der Waals surface area (Å²) in [7, 11) is 3.06. The number of amides is 1. The Bertz CT molecular complexity index is 1060. The third-order valence-electron chi connectivity index (χ3n) is 4.85. The predicted octanol–water partition coefficient (Wildman–Crippen LogP) is 5.48. The summed E-state index contributed by atoms with van der Waals surface area (Å²) >= 11 is 0. The molecule has 0 saturated heterocycles. The second-order valence-electron chi connectivity index (χ2n) is 6.77. The molecule has 0 fully saturated rings. The maximum absolute atomic E-state index is 12.9. The number of rotatable bonds is 7. The second-order valence-corrected chi connectivity index (χ2v) is 6.77. The van der Waals surface area contributed by atoms with Crippen molar-refractivity contribution in [2.45, 2.75) is 26.1 Å². The Kier molecular flexibility index (Phi) is 6.58. The maximum atomic E-state index is 12.9. The van der Waals surface area contributed by atoms with E-state index < -0.39 is 11.7 Å². The number of furan rings is 1. The number of benzene rings is 2. The number of nitrogens with one attached hydrogen (secondary N) is 1. The Labute approximate surface area is 177 Å². The summed E-state index contributed by atoms with van der Waals surface area (Å²) in [6, 6.07) is 9.83. The van der Waals surface area contributed by atoms with Crippen molar-refractivity contribution >= 4 is 5.91 Å². The molecule has 1 amide bonds. The van der Waals surface area contributed by atoms with Crippen LogP contribution in [0.3, 0.4) is 0 Å². The molecule has 1 heterocycles. The summed E-state index contributed by atoms with van der Waals surface area (Å²) in [6.07, 6.45) is -2.45. The summed E-state index contributed by atoms with van der Waals surface area (Å²) in [6.45, 7) is 2.09. The highest BCUT2D eigenvalue weighted by atomic mass is 19.4. The molecule has 3 rings (SSSR count). The van der Waals surface area contributed by atoms with E-state index >= 15 is 0 Å². The van der Waals surface area contributed by atoms with Crippen molar-refractivity contribution in [3.05, 3.63) is 71.0 Å². The lowest BCUT2D eigenvalue weighted by Gasteiger charge is -2.11. The van der Waals surface area contributed by atoms with Gasteiger partial charge in [-0.05, 0) is 36.2 Å². The molecule has 0 aliphatic carbocycles. The van der Waals surface area contributed by atoms with Gasteiger partial charge in [0.2, 0.25) is 0 Å². The van der Waals surface area contributed by atoms with Crippen LogP contribution >= 0.6 is 0 Å². The van der Waals surface area contributed by atoms with Gasteiger partial charge in [0.05, 0.1) is 31.6 Å². The molecule has 0 aliphatic rings. The van der Waals surface area contributed by atoms with E-state index in [2.05, 4.69) is 5.32 Å². The van der Waals surface area contributed by atoms with E-state index in [0.29, 0.717) is 34.6 Å². The normalized spacial score (nSPS) is 11.3. The standard InChI is InChI=1S/C23H22F3NO4/c1-4-15-13-31-21(16-6-8-17(9-7-16)23(24,25)26)20(15)22(28)27-12-14-5-10-18(29-2)19(11-14)30-3/h5-11,13H,4,12H2,1-3H3,(H,27,28). The molecular formula is C23H22F3NO4. The number of halogens is 3. The van der Waals surface area contributed by atoms with Crippen molar-refractivity contribution < 1.29 is 31.9 Å². The zero-order chi connectivity index (χ0) is 22.6. The molecule has 0 radical (unpaired) electrons. The van der Waals surface area contributed by atoms with Crippen molar-refractivity contribution in [3.63, 3.8) is 0 Å². The Balaban J connectivity index is 1.84. The van der Waals surface area contributed by atoms with Crippen LogP contribution < -0.4 is 14.8 Å². The van der Waals surface area contributed by atoms with Gasteiger partial charge in [-0.25, -0.2) is 0 Å². The van der Waals surface area contributed by atoms with E-state index in [4.69, 9.17) is 13.9 Å². The number of ether oxygens (including phenoxy) is 2. The van der Waals surface area contributed by atoms with Crippen molar-refractivity contribution in [3.8, 4) is 22.8 Å². The lowest BCUT2D eigenvalue weighted by atomic mass is 10.0. The summed E-state index contributed by atoms with van der Waals surface area (Å²) in [5.41, 5.74) is 1.40. The molecule has 0 bridgehead atoms. The van der Waals surface area contributed by atoms with Crippen molar-refractivity contribution in [2.75, 3.05) is 14.2 Å². The molecule has 2 aromatic carbocycles. The highest BCUT2D eigenvalue weighted by molar-refractivity contribution is 6.01. The minimum absolute atomic E-state index is 0.222. The van der Waals surface area contributed by atoms with E-state index in [9.17, 15) is 18.0 Å². The first-order valence-electron chi connectivity index (χ1n) is 9.55. The van der Waals surface area contributed by atoms with Crippen LogP contribution in [0.1, 0.15) is 34.0 Å². The van der Waals surface area contributed by atoms with Gasteiger partial charge < -0.3 is 19.2 Å². The van der Waals surface area contributed by atoms with Crippen LogP contribution in [0.2, 0.25) is 0 Å². The van der Waals surface area contributed by atoms with E-state index in [1.165, 1.54) is 32.6 Å². The zero-order valence-electron chi connectivity index (χ0n) is 17.3. The fraction of sp³-hybridized carbons (Fsp3) is 0.261. The summed E-state index contributed by atoms with van der Waals surface area (Å²) in [5, 5.41) is 2.84. The molecule has 0 aliphatic heterocycles. The van der Waals surface area contributed by atoms with Crippen molar-refractivity contribution in [2.24, 2.45) is 0 Å². The number of carbonyl (C=O) groups is 1. The fourth-order valence-corrected chi connectivity index (χ4v) is 3.19. The highest BCUT2D eigenvalue weighted by Crippen LogP contribution is 2.33. The molecule has 3 aromatic rings. The topological polar surface area (TPSA) is 60.7 Å². The molecule has 0 spiro atoms. The monoisotopic (exact) mass is 433 g/mol. The van der Waals surface area contributed by atoms with Crippen LogP contribution in [0.15, 0.2) is 53.1 Å². The molecule has 0 unspecified atom stereocenters. The average Bonchev–Trinajstić information content (AvgIpc) is 3.21. The third-order valence-corrected chi connectivity index (χ3v) is 4.85. The molecule has 164 valence electrons. The minimum Gasteiger partial charge on any atom is -0.493 e. The van der Waals surface area contributed by atoms with Gasteiger partial charge in [-0.3, -0.25) is 4.79 Å². The van der Waals surface area contributed by atoms with Crippen molar-refractivity contribution in [1.82, 2.24) is 5.32 Å². The van der Waals surface area contributed by atoms with Gasteiger partial charge in [0.1, 0.15) is 5.76 Å².